The first kappa shape index (κ1) is 12.0. The van der Waals surface area contributed by atoms with Gasteiger partial charge in [-0.2, -0.15) is 0 Å². The maximum absolute atomic E-state index is 9.61. The zero-order valence-corrected chi connectivity index (χ0v) is 9.12. The van der Waals surface area contributed by atoms with E-state index in [1.807, 2.05) is 0 Å². The quantitative estimate of drug-likeness (QED) is 0.631. The summed E-state index contributed by atoms with van der Waals surface area (Å²) in [5.41, 5.74) is 0. The molecule has 2 N–H and O–H groups in total. The SMILES string of the molecule is O[C@H]1CCCCCCCCCC[C@@H]1O. The minimum atomic E-state index is -0.477. The van der Waals surface area contributed by atoms with Gasteiger partial charge in [0.2, 0.25) is 0 Å². The average Bonchev–Trinajstić information content (AvgIpc) is 2.18. The largest absolute Gasteiger partial charge is 0.390 e. The van der Waals surface area contributed by atoms with Gasteiger partial charge >= 0.3 is 0 Å². The lowest BCUT2D eigenvalue weighted by molar-refractivity contribution is 0.00685. The van der Waals surface area contributed by atoms with Gasteiger partial charge in [0.25, 0.3) is 0 Å². The lowest BCUT2D eigenvalue weighted by atomic mass is 9.98. The molecule has 0 aromatic rings. The second-order valence-corrected chi connectivity index (χ2v) is 4.54. The molecule has 2 heteroatoms. The zero-order valence-electron chi connectivity index (χ0n) is 9.12. The van der Waals surface area contributed by atoms with Gasteiger partial charge in [-0.15, -0.1) is 0 Å². The minimum Gasteiger partial charge on any atom is -0.390 e. The van der Waals surface area contributed by atoms with Crippen molar-refractivity contribution >= 4 is 0 Å². The van der Waals surface area contributed by atoms with Gasteiger partial charge in [0, 0.05) is 0 Å². The van der Waals surface area contributed by atoms with Crippen molar-refractivity contribution < 1.29 is 10.2 Å². The molecule has 0 aromatic heterocycles. The van der Waals surface area contributed by atoms with Crippen molar-refractivity contribution in [2.75, 3.05) is 0 Å². The van der Waals surface area contributed by atoms with Crippen LogP contribution < -0.4 is 0 Å². The van der Waals surface area contributed by atoms with Crippen molar-refractivity contribution in [1.82, 2.24) is 0 Å². The van der Waals surface area contributed by atoms with E-state index in [1.165, 1.54) is 38.5 Å². The van der Waals surface area contributed by atoms with Crippen molar-refractivity contribution in [2.24, 2.45) is 0 Å². The Morgan fingerprint density at radius 3 is 1.14 bits per heavy atom. The molecule has 0 spiro atoms. The first-order valence-electron chi connectivity index (χ1n) is 6.17. The van der Waals surface area contributed by atoms with E-state index in [2.05, 4.69) is 0 Å². The monoisotopic (exact) mass is 200 g/mol. The van der Waals surface area contributed by atoms with E-state index in [0.717, 1.165) is 25.7 Å². The molecule has 0 unspecified atom stereocenters. The highest BCUT2D eigenvalue weighted by molar-refractivity contribution is 4.68. The molecule has 2 nitrogen and oxygen atoms in total. The Morgan fingerprint density at radius 2 is 0.786 bits per heavy atom. The Kier molecular flexibility index (Phi) is 6.20. The van der Waals surface area contributed by atoms with E-state index in [4.69, 9.17) is 0 Å². The molecule has 1 aliphatic carbocycles. The van der Waals surface area contributed by atoms with Crippen molar-refractivity contribution in [3.8, 4) is 0 Å². The van der Waals surface area contributed by atoms with Crippen LogP contribution in [0.15, 0.2) is 0 Å². The van der Waals surface area contributed by atoms with Gasteiger partial charge in [-0.05, 0) is 12.8 Å². The number of aliphatic hydroxyl groups is 2. The Bertz CT molecular complexity index is 120. The van der Waals surface area contributed by atoms with Gasteiger partial charge in [-0.1, -0.05) is 51.4 Å². The lowest BCUT2D eigenvalue weighted by Crippen LogP contribution is -2.25. The Balaban J connectivity index is 2.23. The first-order chi connectivity index (χ1) is 6.80. The van der Waals surface area contributed by atoms with E-state index in [0.29, 0.717) is 0 Å². The van der Waals surface area contributed by atoms with Crippen LogP contribution in [-0.2, 0) is 0 Å². The highest BCUT2D eigenvalue weighted by atomic mass is 16.3. The molecule has 0 aromatic carbocycles. The summed E-state index contributed by atoms with van der Waals surface area (Å²) in [5, 5.41) is 19.2. The van der Waals surface area contributed by atoms with Crippen LogP contribution in [0.1, 0.15) is 64.2 Å². The molecule has 0 aliphatic heterocycles. The lowest BCUT2D eigenvalue weighted by Gasteiger charge is -2.18. The molecular formula is C12H24O2. The molecule has 1 saturated carbocycles. The fourth-order valence-electron chi connectivity index (χ4n) is 2.15. The van der Waals surface area contributed by atoms with Crippen molar-refractivity contribution in [3.05, 3.63) is 0 Å². The maximum Gasteiger partial charge on any atom is 0.0799 e. The number of hydrogen-bond acceptors (Lipinski definition) is 2. The average molecular weight is 200 g/mol. The highest BCUT2D eigenvalue weighted by Gasteiger charge is 2.15. The van der Waals surface area contributed by atoms with Crippen LogP contribution in [0.5, 0.6) is 0 Å². The van der Waals surface area contributed by atoms with Gasteiger partial charge in [0.1, 0.15) is 0 Å². The minimum absolute atomic E-state index is 0.477. The van der Waals surface area contributed by atoms with Crippen LogP contribution in [0.4, 0.5) is 0 Å². The third-order valence-electron chi connectivity index (χ3n) is 3.19. The van der Waals surface area contributed by atoms with Crippen molar-refractivity contribution in [1.29, 1.82) is 0 Å². The molecule has 14 heavy (non-hydrogen) atoms. The van der Waals surface area contributed by atoms with Crippen molar-refractivity contribution in [3.63, 3.8) is 0 Å². The maximum atomic E-state index is 9.61. The zero-order chi connectivity index (χ0) is 10.2. The second-order valence-electron chi connectivity index (χ2n) is 4.54. The molecule has 0 amide bonds. The van der Waals surface area contributed by atoms with E-state index in [1.54, 1.807) is 0 Å². The fourth-order valence-corrected chi connectivity index (χ4v) is 2.15. The summed E-state index contributed by atoms with van der Waals surface area (Å²) in [5.74, 6) is 0. The summed E-state index contributed by atoms with van der Waals surface area (Å²) in [6.07, 6.45) is 10.4. The smallest absolute Gasteiger partial charge is 0.0799 e. The summed E-state index contributed by atoms with van der Waals surface area (Å²) >= 11 is 0. The Morgan fingerprint density at radius 1 is 0.500 bits per heavy atom. The third-order valence-corrected chi connectivity index (χ3v) is 3.19. The number of hydrogen-bond donors (Lipinski definition) is 2. The summed E-state index contributed by atoms with van der Waals surface area (Å²) < 4.78 is 0. The summed E-state index contributed by atoms with van der Waals surface area (Å²) in [4.78, 5) is 0. The van der Waals surface area contributed by atoms with Gasteiger partial charge < -0.3 is 10.2 Å². The molecule has 2 atom stereocenters. The molecule has 0 bridgehead atoms. The molecule has 1 aliphatic rings. The first-order valence-corrected chi connectivity index (χ1v) is 6.17. The summed E-state index contributed by atoms with van der Waals surface area (Å²) in [6, 6.07) is 0. The molecule has 0 saturated heterocycles. The van der Waals surface area contributed by atoms with Crippen LogP contribution in [0, 0.1) is 0 Å². The van der Waals surface area contributed by atoms with E-state index >= 15 is 0 Å². The standard InChI is InChI=1S/C12H24O2/c13-11-9-7-5-3-1-2-4-6-8-10-12(11)14/h11-14H,1-10H2/t11-,12-/m0/s1. The van der Waals surface area contributed by atoms with Gasteiger partial charge in [-0.3, -0.25) is 0 Å². The second kappa shape index (κ2) is 7.24. The molecule has 1 fully saturated rings. The summed E-state index contributed by atoms with van der Waals surface area (Å²) in [6.45, 7) is 0. The van der Waals surface area contributed by atoms with Crippen LogP contribution >= 0.6 is 0 Å². The fraction of sp³-hybridized carbons (Fsp3) is 1.00. The normalized spacial score (nSPS) is 33.0. The molecule has 84 valence electrons. The topological polar surface area (TPSA) is 40.5 Å². The van der Waals surface area contributed by atoms with Crippen LogP contribution in [0.2, 0.25) is 0 Å². The van der Waals surface area contributed by atoms with E-state index < -0.39 is 12.2 Å². The van der Waals surface area contributed by atoms with Crippen molar-refractivity contribution in [2.45, 2.75) is 76.4 Å². The van der Waals surface area contributed by atoms with Crippen LogP contribution in [0.25, 0.3) is 0 Å². The number of rotatable bonds is 0. The van der Waals surface area contributed by atoms with Gasteiger partial charge in [-0.25, -0.2) is 0 Å². The molecule has 1 rings (SSSR count). The molecule has 0 radical (unpaired) electrons. The predicted molar refractivity (Wildman–Crippen MR) is 58.2 cm³/mol. The highest BCUT2D eigenvalue weighted by Crippen LogP contribution is 2.17. The molecular weight excluding hydrogens is 176 g/mol. The third kappa shape index (κ3) is 4.97. The van der Waals surface area contributed by atoms with E-state index in [-0.39, 0.29) is 0 Å². The van der Waals surface area contributed by atoms with Crippen LogP contribution in [-0.4, -0.2) is 22.4 Å². The number of aliphatic hydroxyl groups excluding tert-OH is 2. The Hall–Kier alpha value is -0.0800. The van der Waals surface area contributed by atoms with Gasteiger partial charge in [0.15, 0.2) is 0 Å². The van der Waals surface area contributed by atoms with Gasteiger partial charge in [0.05, 0.1) is 12.2 Å². The molecule has 0 heterocycles. The Labute approximate surface area is 87.3 Å². The van der Waals surface area contributed by atoms with Crippen LogP contribution in [0.3, 0.4) is 0 Å². The summed E-state index contributed by atoms with van der Waals surface area (Å²) in [7, 11) is 0. The predicted octanol–water partition coefficient (Wildman–Crippen LogP) is 2.62. The van der Waals surface area contributed by atoms with E-state index in [9.17, 15) is 10.2 Å².